The molecule has 0 aliphatic carbocycles. The van der Waals surface area contributed by atoms with Gasteiger partial charge in [-0.3, -0.25) is 34.1 Å². The second-order valence-corrected chi connectivity index (χ2v) is 8.39. The molecule has 0 saturated carbocycles. The Kier molecular flexibility index (Phi) is 12.6. The summed E-state index contributed by atoms with van der Waals surface area (Å²) in [6.07, 6.45) is -2.25. The number of carboxylic acids is 1. The first-order valence-corrected chi connectivity index (χ1v) is 11.1. The number of amides is 3. The molecule has 36 heavy (non-hydrogen) atoms. The maximum atomic E-state index is 12.0. The van der Waals surface area contributed by atoms with Gasteiger partial charge in [0.05, 0.1) is 23.9 Å². The minimum Gasteiger partial charge on any atom is -0.480 e. The molecule has 1 aromatic carbocycles. The van der Waals surface area contributed by atoms with Crippen molar-refractivity contribution in [3.63, 3.8) is 0 Å². The maximum Gasteiger partial charge on any atom is 0.325 e. The molecule has 5 N–H and O–H groups in total. The Morgan fingerprint density at radius 2 is 1.67 bits per heavy atom. The molecule has 0 radical (unpaired) electrons. The van der Waals surface area contributed by atoms with E-state index in [0.29, 0.717) is 0 Å². The predicted molar refractivity (Wildman–Crippen MR) is 124 cm³/mol. The summed E-state index contributed by atoms with van der Waals surface area (Å²) in [5, 5.41) is 36.7. The quantitative estimate of drug-likeness (QED) is 0.0899. The molecule has 0 unspecified atom stereocenters. The zero-order chi connectivity index (χ0) is 27.4. The number of hydrogen-bond acceptors (Lipinski definition) is 9. The minimum absolute atomic E-state index is 0.164. The van der Waals surface area contributed by atoms with Crippen LogP contribution in [0.25, 0.3) is 0 Å². The lowest BCUT2D eigenvalue weighted by molar-refractivity contribution is -0.384. The summed E-state index contributed by atoms with van der Waals surface area (Å²) in [6, 6.07) is 2.39. The lowest BCUT2D eigenvalue weighted by Gasteiger charge is -2.24. The standard InChI is InChI=1S/C20H24Cl2N4O10/c1-10(20(32)33)24-15(28)8-23-14(27)6-7-16(29)36-9-13(25-19(31)18(21)22)17(30)11-2-4-12(5-3-11)26(34)35/h2-5,10,13,17-18,30H,6-9H2,1H3,(H,23,27)(H,24,28)(H,25,31)(H,32,33)/t10-,13-,17-/m1/s1. The predicted octanol–water partition coefficient (Wildman–Crippen LogP) is -0.0544. The number of nitro groups is 1. The first-order chi connectivity index (χ1) is 16.8. The number of esters is 1. The second-order valence-electron chi connectivity index (χ2n) is 7.30. The van der Waals surface area contributed by atoms with Crippen LogP contribution in [0.3, 0.4) is 0 Å². The van der Waals surface area contributed by atoms with Gasteiger partial charge < -0.3 is 30.9 Å². The molecular weight excluding hydrogens is 527 g/mol. The summed E-state index contributed by atoms with van der Waals surface area (Å²) in [4.78, 5) is 66.6. The third kappa shape index (κ3) is 10.8. The Labute approximate surface area is 214 Å². The largest absolute Gasteiger partial charge is 0.480 e. The number of nitrogens with zero attached hydrogens (tertiary/aromatic N) is 1. The molecule has 0 aliphatic rings. The zero-order valence-corrected chi connectivity index (χ0v) is 20.3. The second kappa shape index (κ2) is 14.8. The number of carbonyl (C=O) groups excluding carboxylic acids is 4. The van der Waals surface area contributed by atoms with E-state index in [9.17, 15) is 39.2 Å². The van der Waals surface area contributed by atoms with Gasteiger partial charge in [-0.2, -0.15) is 0 Å². The van der Waals surface area contributed by atoms with Gasteiger partial charge in [0.25, 0.3) is 11.6 Å². The van der Waals surface area contributed by atoms with Crippen LogP contribution >= 0.6 is 23.2 Å². The molecular formula is C20H24Cl2N4O10. The van der Waals surface area contributed by atoms with Crippen molar-refractivity contribution < 1.29 is 43.8 Å². The third-order valence-corrected chi connectivity index (χ3v) is 4.92. The van der Waals surface area contributed by atoms with Gasteiger partial charge in [0.2, 0.25) is 11.8 Å². The lowest BCUT2D eigenvalue weighted by Crippen LogP contribution is -2.45. The van der Waals surface area contributed by atoms with Crippen molar-refractivity contribution in [2.45, 2.75) is 42.8 Å². The van der Waals surface area contributed by atoms with Gasteiger partial charge in [-0.25, -0.2) is 0 Å². The van der Waals surface area contributed by atoms with Crippen molar-refractivity contribution in [3.05, 3.63) is 39.9 Å². The number of aliphatic hydroxyl groups excluding tert-OH is 1. The maximum absolute atomic E-state index is 12.0. The van der Waals surface area contributed by atoms with E-state index in [1.807, 2.05) is 0 Å². The van der Waals surface area contributed by atoms with Gasteiger partial charge >= 0.3 is 11.9 Å². The summed E-state index contributed by atoms with van der Waals surface area (Å²) < 4.78 is 5.01. The van der Waals surface area contributed by atoms with Gasteiger partial charge in [-0.05, 0) is 24.6 Å². The van der Waals surface area contributed by atoms with Gasteiger partial charge in [-0.15, -0.1) is 0 Å². The molecule has 14 nitrogen and oxygen atoms in total. The van der Waals surface area contributed by atoms with E-state index < -0.39 is 77.2 Å². The summed E-state index contributed by atoms with van der Waals surface area (Å²) in [5.41, 5.74) is -0.0655. The van der Waals surface area contributed by atoms with E-state index >= 15 is 0 Å². The van der Waals surface area contributed by atoms with Gasteiger partial charge in [0.1, 0.15) is 18.8 Å². The van der Waals surface area contributed by atoms with Crippen LogP contribution in [0.4, 0.5) is 5.69 Å². The van der Waals surface area contributed by atoms with Crippen molar-refractivity contribution in [2.24, 2.45) is 0 Å². The Hall–Kier alpha value is -3.49. The molecule has 16 heteroatoms. The number of nitrogens with one attached hydrogen (secondary N) is 3. The first-order valence-electron chi connectivity index (χ1n) is 10.3. The molecule has 0 aromatic heterocycles. The molecule has 0 bridgehead atoms. The molecule has 198 valence electrons. The fourth-order valence-corrected chi connectivity index (χ4v) is 2.70. The zero-order valence-electron chi connectivity index (χ0n) is 18.8. The van der Waals surface area contributed by atoms with Crippen LogP contribution in [-0.4, -0.2) is 74.9 Å². The van der Waals surface area contributed by atoms with Gasteiger partial charge in [-0.1, -0.05) is 23.2 Å². The number of nitro benzene ring substituents is 1. The normalized spacial score (nSPS) is 13.1. The number of hydrogen-bond donors (Lipinski definition) is 5. The van der Waals surface area contributed by atoms with E-state index in [1.54, 1.807) is 0 Å². The molecule has 0 heterocycles. The highest BCUT2D eigenvalue weighted by Crippen LogP contribution is 2.21. The number of ether oxygens (including phenoxy) is 1. The molecule has 0 saturated heterocycles. The number of benzene rings is 1. The molecule has 1 aromatic rings. The Balaban J connectivity index is 2.63. The highest BCUT2D eigenvalue weighted by atomic mass is 35.5. The van der Waals surface area contributed by atoms with Crippen molar-refractivity contribution in [1.82, 2.24) is 16.0 Å². The number of non-ortho nitro benzene ring substituents is 1. The van der Waals surface area contributed by atoms with E-state index in [2.05, 4.69) is 16.0 Å². The van der Waals surface area contributed by atoms with Crippen LogP contribution in [0, 0.1) is 10.1 Å². The van der Waals surface area contributed by atoms with Crippen molar-refractivity contribution in [2.75, 3.05) is 13.2 Å². The molecule has 0 aliphatic heterocycles. The average Bonchev–Trinajstić information content (AvgIpc) is 2.83. The number of rotatable bonds is 14. The molecule has 3 atom stereocenters. The SMILES string of the molecule is C[C@@H](NC(=O)CNC(=O)CCC(=O)OC[C@@H](NC(=O)C(Cl)Cl)[C@H](O)c1ccc([N+](=O)[O-])cc1)C(=O)O. The van der Waals surface area contributed by atoms with Crippen LogP contribution in [0.5, 0.6) is 0 Å². The van der Waals surface area contributed by atoms with Crippen LogP contribution in [0.1, 0.15) is 31.4 Å². The highest BCUT2D eigenvalue weighted by molar-refractivity contribution is 6.53. The summed E-state index contributed by atoms with van der Waals surface area (Å²) in [6.45, 7) is 0.187. The molecule has 1 rings (SSSR count). The van der Waals surface area contributed by atoms with Gasteiger partial charge in [0.15, 0.2) is 4.84 Å². The monoisotopic (exact) mass is 550 g/mol. The van der Waals surface area contributed by atoms with E-state index in [-0.39, 0.29) is 17.7 Å². The third-order valence-electron chi connectivity index (χ3n) is 4.53. The van der Waals surface area contributed by atoms with Crippen LogP contribution in [0.2, 0.25) is 0 Å². The number of alkyl halides is 2. The van der Waals surface area contributed by atoms with E-state index in [4.69, 9.17) is 33.0 Å². The first kappa shape index (κ1) is 30.5. The van der Waals surface area contributed by atoms with Crippen LogP contribution in [0.15, 0.2) is 24.3 Å². The highest BCUT2D eigenvalue weighted by Gasteiger charge is 2.27. The number of carboxylic acid groups (broad SMARTS) is 1. The fourth-order valence-electron chi connectivity index (χ4n) is 2.57. The number of halogens is 2. The Bertz CT molecular complexity index is 974. The Morgan fingerprint density at radius 1 is 1.06 bits per heavy atom. The van der Waals surface area contributed by atoms with Crippen molar-refractivity contribution in [1.29, 1.82) is 0 Å². The Morgan fingerprint density at radius 3 is 2.19 bits per heavy atom. The van der Waals surface area contributed by atoms with Crippen molar-refractivity contribution >= 4 is 58.5 Å². The molecule has 0 spiro atoms. The average molecular weight is 551 g/mol. The van der Waals surface area contributed by atoms with Crippen LogP contribution in [-0.2, 0) is 28.7 Å². The summed E-state index contributed by atoms with van der Waals surface area (Å²) in [5.74, 6) is -4.45. The van der Waals surface area contributed by atoms with E-state index in [1.165, 1.54) is 19.1 Å². The fraction of sp³-hybridized carbons (Fsp3) is 0.450. The number of carbonyl (C=O) groups is 5. The molecule has 0 fully saturated rings. The minimum atomic E-state index is -1.49. The van der Waals surface area contributed by atoms with Crippen LogP contribution < -0.4 is 16.0 Å². The number of aliphatic hydroxyl groups is 1. The summed E-state index contributed by atoms with van der Waals surface area (Å²) in [7, 11) is 0. The van der Waals surface area contributed by atoms with Crippen molar-refractivity contribution in [3.8, 4) is 0 Å². The molecule has 3 amide bonds. The van der Waals surface area contributed by atoms with E-state index in [0.717, 1.165) is 12.1 Å². The topological polar surface area (TPSA) is 214 Å². The number of aliphatic carboxylic acids is 1. The van der Waals surface area contributed by atoms with Gasteiger partial charge in [0, 0.05) is 18.6 Å². The smallest absolute Gasteiger partial charge is 0.325 e. The summed E-state index contributed by atoms with van der Waals surface area (Å²) >= 11 is 11.0. The lowest BCUT2D eigenvalue weighted by atomic mass is 10.0.